The van der Waals surface area contributed by atoms with Crippen LogP contribution in [-0.4, -0.2) is 79.3 Å². The summed E-state index contributed by atoms with van der Waals surface area (Å²) in [5.74, 6) is 2.21. The molecule has 2 rings (SSSR count). The Morgan fingerprint density at radius 1 is 1.37 bits per heavy atom. The maximum absolute atomic E-state index is 12.2. The molecule has 0 spiro atoms. The predicted molar refractivity (Wildman–Crippen MR) is 78.8 cm³/mol. The summed E-state index contributed by atoms with van der Waals surface area (Å²) in [5.41, 5.74) is 0. The molecule has 1 N–H and O–H groups in total. The number of nitrogens with zero attached hydrogens (tertiary/aromatic N) is 2. The van der Waals surface area contributed by atoms with E-state index in [9.17, 15) is 4.79 Å². The topological polar surface area (TPSA) is 44.8 Å². The van der Waals surface area contributed by atoms with Crippen LogP contribution in [0.25, 0.3) is 0 Å². The Morgan fingerprint density at radius 2 is 2.16 bits per heavy atom. The van der Waals surface area contributed by atoms with Gasteiger partial charge in [0, 0.05) is 38.5 Å². The van der Waals surface area contributed by atoms with Gasteiger partial charge in [-0.15, -0.1) is 0 Å². The number of nitrogens with one attached hydrogen (secondary N) is 1. The number of urea groups is 1. The van der Waals surface area contributed by atoms with Crippen LogP contribution in [0.3, 0.4) is 0 Å². The molecule has 2 fully saturated rings. The summed E-state index contributed by atoms with van der Waals surface area (Å²) in [6.45, 7) is 8.16. The first kappa shape index (κ1) is 14.9. The van der Waals surface area contributed by atoms with Gasteiger partial charge in [0.15, 0.2) is 0 Å². The number of thioether (sulfide) groups is 1. The molecule has 2 heterocycles. The maximum atomic E-state index is 12.2. The van der Waals surface area contributed by atoms with E-state index in [-0.39, 0.29) is 6.03 Å². The van der Waals surface area contributed by atoms with Gasteiger partial charge in [0.2, 0.25) is 0 Å². The molecule has 2 amide bonds. The van der Waals surface area contributed by atoms with E-state index in [0.29, 0.717) is 12.6 Å². The first-order chi connectivity index (χ1) is 9.31. The molecule has 0 aromatic carbocycles. The summed E-state index contributed by atoms with van der Waals surface area (Å²) in [7, 11) is 0. The van der Waals surface area contributed by atoms with Gasteiger partial charge in [0.1, 0.15) is 0 Å². The summed E-state index contributed by atoms with van der Waals surface area (Å²) >= 11 is 1.97. The van der Waals surface area contributed by atoms with Crippen molar-refractivity contribution in [2.45, 2.75) is 19.4 Å². The summed E-state index contributed by atoms with van der Waals surface area (Å²) in [6, 6.07) is 0.431. The maximum Gasteiger partial charge on any atom is 0.317 e. The van der Waals surface area contributed by atoms with Gasteiger partial charge in [-0.1, -0.05) is 0 Å². The van der Waals surface area contributed by atoms with E-state index in [1.165, 1.54) is 0 Å². The molecule has 19 heavy (non-hydrogen) atoms. The van der Waals surface area contributed by atoms with Crippen molar-refractivity contribution in [2.24, 2.45) is 0 Å². The zero-order valence-corrected chi connectivity index (χ0v) is 12.6. The second-order valence-electron chi connectivity index (χ2n) is 5.02. The molecule has 0 aliphatic carbocycles. The Kier molecular flexibility index (Phi) is 6.26. The van der Waals surface area contributed by atoms with Crippen molar-refractivity contribution < 1.29 is 9.53 Å². The largest absolute Gasteiger partial charge is 0.379 e. The highest BCUT2D eigenvalue weighted by Gasteiger charge is 2.27. The van der Waals surface area contributed by atoms with Gasteiger partial charge in [0.25, 0.3) is 0 Å². The highest BCUT2D eigenvalue weighted by atomic mass is 32.2. The molecule has 0 radical (unpaired) electrons. The second kappa shape index (κ2) is 7.97. The molecule has 5 nitrogen and oxygen atoms in total. The lowest BCUT2D eigenvalue weighted by Gasteiger charge is -2.35. The van der Waals surface area contributed by atoms with Gasteiger partial charge in [-0.05, 0) is 19.1 Å². The van der Waals surface area contributed by atoms with Crippen LogP contribution in [0, 0.1) is 0 Å². The molecular weight excluding hydrogens is 262 g/mol. The van der Waals surface area contributed by atoms with E-state index < -0.39 is 0 Å². The van der Waals surface area contributed by atoms with E-state index in [2.05, 4.69) is 10.2 Å². The van der Waals surface area contributed by atoms with E-state index in [0.717, 1.165) is 57.3 Å². The van der Waals surface area contributed by atoms with Crippen LogP contribution in [0.15, 0.2) is 0 Å². The molecule has 2 saturated heterocycles. The van der Waals surface area contributed by atoms with Crippen molar-refractivity contribution in [1.82, 2.24) is 15.1 Å². The Morgan fingerprint density at radius 3 is 2.89 bits per heavy atom. The molecule has 6 heteroatoms. The van der Waals surface area contributed by atoms with Crippen LogP contribution in [0.4, 0.5) is 4.79 Å². The fourth-order valence-electron chi connectivity index (χ4n) is 2.58. The third-order valence-electron chi connectivity index (χ3n) is 3.60. The van der Waals surface area contributed by atoms with Crippen molar-refractivity contribution in [3.63, 3.8) is 0 Å². The monoisotopic (exact) mass is 287 g/mol. The van der Waals surface area contributed by atoms with Crippen LogP contribution < -0.4 is 5.32 Å². The van der Waals surface area contributed by atoms with Crippen LogP contribution >= 0.6 is 11.8 Å². The smallest absolute Gasteiger partial charge is 0.317 e. The second-order valence-corrected chi connectivity index (χ2v) is 6.17. The van der Waals surface area contributed by atoms with E-state index in [1.807, 2.05) is 23.6 Å². The lowest BCUT2D eigenvalue weighted by Crippen LogP contribution is -2.53. The SMILES string of the molecule is CCNC(=O)N1CCCSC[C@H]1CN1CCOCC1. The van der Waals surface area contributed by atoms with Gasteiger partial charge in [0.05, 0.1) is 19.3 Å². The summed E-state index contributed by atoms with van der Waals surface area (Å²) < 4.78 is 5.39. The average molecular weight is 287 g/mol. The lowest BCUT2D eigenvalue weighted by molar-refractivity contribution is 0.0284. The van der Waals surface area contributed by atoms with Crippen LogP contribution in [0.2, 0.25) is 0 Å². The van der Waals surface area contributed by atoms with Crippen LogP contribution in [0.5, 0.6) is 0 Å². The van der Waals surface area contributed by atoms with Crippen LogP contribution in [-0.2, 0) is 4.74 Å². The molecule has 0 bridgehead atoms. The van der Waals surface area contributed by atoms with Crippen molar-refractivity contribution in [3.8, 4) is 0 Å². The molecule has 1 atom stereocenters. The normalized spacial score (nSPS) is 25.9. The molecule has 110 valence electrons. The fraction of sp³-hybridized carbons (Fsp3) is 0.923. The first-order valence-electron chi connectivity index (χ1n) is 7.23. The lowest BCUT2D eigenvalue weighted by atomic mass is 10.2. The van der Waals surface area contributed by atoms with E-state index in [1.54, 1.807) is 0 Å². The van der Waals surface area contributed by atoms with Crippen molar-refractivity contribution in [2.75, 3.05) is 57.4 Å². The Hall–Kier alpha value is -0.460. The van der Waals surface area contributed by atoms with Crippen molar-refractivity contribution in [3.05, 3.63) is 0 Å². The minimum Gasteiger partial charge on any atom is -0.379 e. The standard InChI is InChI=1S/C13H25N3O2S/c1-2-14-13(17)16-4-3-9-19-11-12(16)10-15-5-7-18-8-6-15/h12H,2-11H2,1H3,(H,14,17)/t12-/m1/s1. The van der Waals surface area contributed by atoms with E-state index in [4.69, 9.17) is 4.74 Å². The number of carbonyl (C=O) groups excluding carboxylic acids is 1. The zero-order chi connectivity index (χ0) is 13.5. The molecule has 2 aliphatic rings. The Balaban J connectivity index is 1.93. The number of carbonyl (C=O) groups is 1. The number of ether oxygens (including phenoxy) is 1. The molecule has 0 aromatic rings. The van der Waals surface area contributed by atoms with Gasteiger partial charge in [-0.25, -0.2) is 4.79 Å². The van der Waals surface area contributed by atoms with Crippen molar-refractivity contribution in [1.29, 1.82) is 0 Å². The van der Waals surface area contributed by atoms with Crippen molar-refractivity contribution >= 4 is 17.8 Å². The highest BCUT2D eigenvalue weighted by Crippen LogP contribution is 2.18. The van der Waals surface area contributed by atoms with Gasteiger partial charge in [-0.3, -0.25) is 4.90 Å². The minimum absolute atomic E-state index is 0.100. The highest BCUT2D eigenvalue weighted by molar-refractivity contribution is 7.99. The number of morpholine rings is 1. The van der Waals surface area contributed by atoms with Crippen LogP contribution in [0.1, 0.15) is 13.3 Å². The predicted octanol–water partition coefficient (Wildman–Crippen LogP) is 0.856. The average Bonchev–Trinajstić information content (AvgIpc) is 2.66. The molecule has 0 aromatic heterocycles. The minimum atomic E-state index is 0.100. The number of hydrogen-bond acceptors (Lipinski definition) is 4. The first-order valence-corrected chi connectivity index (χ1v) is 8.39. The summed E-state index contributed by atoms with van der Waals surface area (Å²) in [4.78, 5) is 16.6. The zero-order valence-electron chi connectivity index (χ0n) is 11.8. The quantitative estimate of drug-likeness (QED) is 0.836. The number of hydrogen-bond donors (Lipinski definition) is 1. The fourth-order valence-corrected chi connectivity index (χ4v) is 3.64. The molecule has 2 aliphatic heterocycles. The number of rotatable bonds is 3. The summed E-state index contributed by atoms with van der Waals surface area (Å²) in [6.07, 6.45) is 1.10. The van der Waals surface area contributed by atoms with Gasteiger partial charge >= 0.3 is 6.03 Å². The Labute approximate surface area is 120 Å². The molecular formula is C13H25N3O2S. The van der Waals surface area contributed by atoms with Gasteiger partial charge < -0.3 is 15.0 Å². The molecule has 0 unspecified atom stereocenters. The third kappa shape index (κ3) is 4.54. The Bertz CT molecular complexity index is 285. The third-order valence-corrected chi connectivity index (χ3v) is 4.80. The summed E-state index contributed by atoms with van der Waals surface area (Å²) in [5, 5.41) is 2.94. The van der Waals surface area contributed by atoms with Gasteiger partial charge in [-0.2, -0.15) is 11.8 Å². The molecule has 0 saturated carbocycles. The van der Waals surface area contributed by atoms with E-state index >= 15 is 0 Å². The number of amides is 2.